The first-order chi connectivity index (χ1) is 15.3. The second kappa shape index (κ2) is 8.99. The Morgan fingerprint density at radius 1 is 0.812 bits per heavy atom. The largest absolute Gasteiger partial charge is 0.264 e. The van der Waals surface area contributed by atoms with Gasteiger partial charge in [0.25, 0.3) is 0 Å². The van der Waals surface area contributed by atoms with Crippen LogP contribution in [0, 0.1) is 0 Å². The van der Waals surface area contributed by atoms with Gasteiger partial charge in [-0.15, -0.1) is 0 Å². The quantitative estimate of drug-likeness (QED) is 0.418. The fraction of sp³-hybridized carbons (Fsp3) is 0.0870. The van der Waals surface area contributed by atoms with Crippen LogP contribution in [0.2, 0.25) is 5.02 Å². The van der Waals surface area contributed by atoms with Gasteiger partial charge in [-0.2, -0.15) is 0 Å². The van der Waals surface area contributed by atoms with Crippen molar-refractivity contribution in [2.45, 2.75) is 15.0 Å². The topological polar surface area (TPSA) is 93.2 Å². The fourth-order valence-corrected chi connectivity index (χ4v) is 6.32. The first-order valence-electron chi connectivity index (χ1n) is 9.65. The lowest BCUT2D eigenvalue weighted by Crippen LogP contribution is -2.32. The van der Waals surface area contributed by atoms with E-state index >= 15 is 0 Å². The molecule has 0 saturated carbocycles. The van der Waals surface area contributed by atoms with E-state index in [4.69, 9.17) is 11.6 Å². The Labute approximate surface area is 191 Å². The molecule has 1 atom stereocenters. The molecule has 4 aromatic rings. The summed E-state index contributed by atoms with van der Waals surface area (Å²) < 4.78 is 55.2. The van der Waals surface area contributed by atoms with Crippen LogP contribution in [-0.2, 0) is 19.9 Å². The van der Waals surface area contributed by atoms with Crippen molar-refractivity contribution in [2.24, 2.45) is 0 Å². The predicted molar refractivity (Wildman–Crippen MR) is 125 cm³/mol. The number of hydrogen-bond donors (Lipinski definition) is 1. The Bertz CT molecular complexity index is 1460. The minimum absolute atomic E-state index is 0.0423. The zero-order valence-electron chi connectivity index (χ0n) is 16.7. The summed E-state index contributed by atoms with van der Waals surface area (Å²) in [7, 11) is -7.90. The second-order valence-corrected chi connectivity index (χ2v) is 11.5. The zero-order valence-corrected chi connectivity index (χ0v) is 19.1. The third kappa shape index (κ3) is 4.68. The van der Waals surface area contributed by atoms with Crippen molar-refractivity contribution in [3.8, 4) is 0 Å². The molecular weight excluding hydrogens is 468 g/mol. The Morgan fingerprint density at radius 2 is 1.50 bits per heavy atom. The molecule has 0 fully saturated rings. The summed E-state index contributed by atoms with van der Waals surface area (Å²) in [4.78, 5) is 4.10. The molecule has 164 valence electrons. The molecule has 0 saturated heterocycles. The van der Waals surface area contributed by atoms with E-state index in [-0.39, 0.29) is 16.3 Å². The maximum atomic E-state index is 13.4. The van der Waals surface area contributed by atoms with E-state index < -0.39 is 25.1 Å². The molecule has 0 radical (unpaired) electrons. The van der Waals surface area contributed by atoms with Crippen molar-refractivity contribution in [1.29, 1.82) is 0 Å². The van der Waals surface area contributed by atoms with Crippen LogP contribution in [0.15, 0.2) is 101 Å². The summed E-state index contributed by atoms with van der Waals surface area (Å²) in [6.07, 6.45) is 2.94. The highest BCUT2D eigenvalue weighted by Gasteiger charge is 2.31. The number of pyridine rings is 1. The normalized spacial score (nSPS) is 13.2. The second-order valence-electron chi connectivity index (χ2n) is 7.13. The highest BCUT2D eigenvalue weighted by molar-refractivity contribution is 7.92. The van der Waals surface area contributed by atoms with Crippen LogP contribution >= 0.6 is 11.6 Å². The van der Waals surface area contributed by atoms with Crippen molar-refractivity contribution >= 4 is 42.2 Å². The SMILES string of the molecule is O=S(=O)(NCC(c1cccnc1)S(=O)(=O)c1ccc(Cl)cc1)c1ccc2ccccc2c1. The molecule has 1 heterocycles. The zero-order chi connectivity index (χ0) is 22.8. The van der Waals surface area contributed by atoms with Crippen LogP contribution < -0.4 is 4.72 Å². The van der Waals surface area contributed by atoms with E-state index in [2.05, 4.69) is 9.71 Å². The van der Waals surface area contributed by atoms with Crippen molar-refractivity contribution in [3.63, 3.8) is 0 Å². The summed E-state index contributed by atoms with van der Waals surface area (Å²) in [5, 5.41) is 0.907. The lowest BCUT2D eigenvalue weighted by molar-refractivity contribution is 0.568. The highest BCUT2D eigenvalue weighted by Crippen LogP contribution is 2.29. The van der Waals surface area contributed by atoms with Gasteiger partial charge in [0, 0.05) is 24.0 Å². The number of nitrogens with one attached hydrogen (secondary N) is 1. The summed E-state index contributed by atoms with van der Waals surface area (Å²) in [5.41, 5.74) is 0.378. The molecule has 4 rings (SSSR count). The van der Waals surface area contributed by atoms with E-state index in [0.717, 1.165) is 10.8 Å². The van der Waals surface area contributed by atoms with Gasteiger partial charge in [0.2, 0.25) is 10.0 Å². The van der Waals surface area contributed by atoms with E-state index in [1.165, 1.54) is 42.7 Å². The maximum Gasteiger partial charge on any atom is 0.240 e. The number of sulfone groups is 1. The molecule has 0 bridgehead atoms. The number of hydrogen-bond acceptors (Lipinski definition) is 5. The van der Waals surface area contributed by atoms with E-state index in [0.29, 0.717) is 10.6 Å². The van der Waals surface area contributed by atoms with E-state index in [9.17, 15) is 16.8 Å². The number of sulfonamides is 1. The van der Waals surface area contributed by atoms with Gasteiger partial charge < -0.3 is 0 Å². The van der Waals surface area contributed by atoms with Crippen molar-refractivity contribution < 1.29 is 16.8 Å². The molecule has 0 aliphatic heterocycles. The van der Waals surface area contributed by atoms with Crippen LogP contribution in [0.4, 0.5) is 0 Å². The van der Waals surface area contributed by atoms with Gasteiger partial charge in [-0.05, 0) is 58.8 Å². The molecule has 1 N–H and O–H groups in total. The predicted octanol–water partition coefficient (Wildman–Crippen LogP) is 4.38. The van der Waals surface area contributed by atoms with Gasteiger partial charge in [-0.25, -0.2) is 21.6 Å². The third-order valence-electron chi connectivity index (χ3n) is 5.06. The van der Waals surface area contributed by atoms with Gasteiger partial charge in [-0.1, -0.05) is 48.0 Å². The van der Waals surface area contributed by atoms with Gasteiger partial charge in [0.1, 0.15) is 5.25 Å². The summed E-state index contributed by atoms with van der Waals surface area (Å²) in [5.74, 6) is 0. The third-order valence-corrected chi connectivity index (χ3v) is 8.85. The minimum Gasteiger partial charge on any atom is -0.264 e. The first kappa shape index (κ1) is 22.4. The molecule has 0 aliphatic carbocycles. The Kier molecular flexibility index (Phi) is 6.30. The highest BCUT2D eigenvalue weighted by atomic mass is 35.5. The smallest absolute Gasteiger partial charge is 0.240 e. The minimum atomic E-state index is -3.96. The maximum absolute atomic E-state index is 13.4. The van der Waals surface area contributed by atoms with Crippen LogP contribution in [0.25, 0.3) is 10.8 Å². The van der Waals surface area contributed by atoms with Crippen LogP contribution in [0.1, 0.15) is 10.8 Å². The van der Waals surface area contributed by atoms with Gasteiger partial charge in [0.05, 0.1) is 9.79 Å². The average Bonchev–Trinajstić information content (AvgIpc) is 2.79. The molecule has 3 aromatic carbocycles. The monoisotopic (exact) mass is 486 g/mol. The number of halogens is 1. The van der Waals surface area contributed by atoms with Crippen LogP contribution in [0.3, 0.4) is 0 Å². The molecule has 0 aliphatic rings. The molecule has 1 unspecified atom stereocenters. The molecule has 0 spiro atoms. The summed E-state index contributed by atoms with van der Waals surface area (Å²) in [6.45, 7) is -0.355. The van der Waals surface area contributed by atoms with Crippen molar-refractivity contribution in [1.82, 2.24) is 9.71 Å². The van der Waals surface area contributed by atoms with E-state index in [1.807, 2.05) is 24.3 Å². The van der Waals surface area contributed by atoms with Crippen molar-refractivity contribution in [3.05, 3.63) is 102 Å². The lowest BCUT2D eigenvalue weighted by Gasteiger charge is -2.19. The van der Waals surface area contributed by atoms with E-state index in [1.54, 1.807) is 24.3 Å². The average molecular weight is 487 g/mol. The molecular formula is C23H19ClN2O4S2. The molecule has 6 nitrogen and oxygen atoms in total. The number of aromatic nitrogens is 1. The number of benzene rings is 3. The molecule has 0 amide bonds. The molecule has 32 heavy (non-hydrogen) atoms. The van der Waals surface area contributed by atoms with Gasteiger partial charge in [0.15, 0.2) is 9.84 Å². The van der Waals surface area contributed by atoms with Crippen LogP contribution in [-0.4, -0.2) is 28.4 Å². The summed E-state index contributed by atoms with van der Waals surface area (Å²) in [6, 6.07) is 21.1. The fourth-order valence-electron chi connectivity index (χ4n) is 3.36. The summed E-state index contributed by atoms with van der Waals surface area (Å²) >= 11 is 5.89. The lowest BCUT2D eigenvalue weighted by atomic mass is 10.1. The number of fused-ring (bicyclic) bond motifs is 1. The Morgan fingerprint density at radius 3 is 2.19 bits per heavy atom. The molecule has 9 heteroatoms. The first-order valence-corrected chi connectivity index (χ1v) is 13.1. The molecule has 1 aromatic heterocycles. The van der Waals surface area contributed by atoms with Gasteiger partial charge >= 0.3 is 0 Å². The Balaban J connectivity index is 1.67. The van der Waals surface area contributed by atoms with Gasteiger partial charge in [-0.3, -0.25) is 4.98 Å². The number of nitrogens with zero attached hydrogens (tertiary/aromatic N) is 1. The number of rotatable bonds is 7. The van der Waals surface area contributed by atoms with Crippen LogP contribution in [0.5, 0.6) is 0 Å². The Hall–Kier alpha value is -2.78. The van der Waals surface area contributed by atoms with Crippen molar-refractivity contribution in [2.75, 3.05) is 6.54 Å². The standard InChI is InChI=1S/C23H19ClN2O4S2/c24-20-8-11-21(12-9-20)31(27,28)23(19-6-3-13-25-15-19)16-26-32(29,30)22-10-7-17-4-1-2-5-18(17)14-22/h1-15,23,26H,16H2.